The number of fused-ring (bicyclic) bond motifs is 1. The highest BCUT2D eigenvalue weighted by Gasteiger charge is 2.37. The van der Waals surface area contributed by atoms with Crippen LogP contribution in [0.5, 0.6) is 34.5 Å². The lowest BCUT2D eigenvalue weighted by Crippen LogP contribution is -3.00. The largest absolute Gasteiger partial charge is 1.00 e. The number of esters is 1. The summed E-state index contributed by atoms with van der Waals surface area (Å²) in [6, 6.07) is 44.8. The van der Waals surface area contributed by atoms with Crippen molar-refractivity contribution in [1.82, 2.24) is 0 Å². The van der Waals surface area contributed by atoms with Gasteiger partial charge in [-0.05, 0) is 64.9 Å². The molecule has 10 nitrogen and oxygen atoms in total. The third-order valence-electron chi connectivity index (χ3n) is 9.98. The van der Waals surface area contributed by atoms with Gasteiger partial charge in [-0.1, -0.05) is 103 Å². The van der Waals surface area contributed by atoms with Crippen molar-refractivity contribution in [3.63, 3.8) is 0 Å². The fourth-order valence-corrected chi connectivity index (χ4v) is 6.99. The molecule has 0 saturated carbocycles. The number of phenols is 1. The molecule has 0 fully saturated rings. The van der Waals surface area contributed by atoms with Gasteiger partial charge in [-0.25, -0.2) is 4.79 Å². The van der Waals surface area contributed by atoms with Crippen LogP contribution in [-0.4, -0.2) is 37.7 Å². The average Bonchev–Trinajstić information content (AvgIpc) is 3.28. The second-order valence-corrected chi connectivity index (χ2v) is 13.9. The van der Waals surface area contributed by atoms with E-state index in [9.17, 15) is 9.90 Å². The van der Waals surface area contributed by atoms with Crippen LogP contribution in [0.1, 0.15) is 51.1 Å². The lowest BCUT2D eigenvalue weighted by molar-refractivity contribution is -0.692. The van der Waals surface area contributed by atoms with Crippen LogP contribution in [0.4, 0.5) is 0 Å². The van der Waals surface area contributed by atoms with E-state index in [-0.39, 0.29) is 59.6 Å². The summed E-state index contributed by atoms with van der Waals surface area (Å²) < 4.78 is 37.2. The molecule has 0 saturated heterocycles. The number of ether oxygens (including phenoxy) is 6. The van der Waals surface area contributed by atoms with Gasteiger partial charge in [0.2, 0.25) is 12.2 Å². The van der Waals surface area contributed by atoms with Crippen LogP contribution in [-0.2, 0) is 35.9 Å². The zero-order chi connectivity index (χ0) is 41.8. The first-order valence-electron chi connectivity index (χ1n) is 19.6. The molecular formula is C50H46BrNO9. The van der Waals surface area contributed by atoms with Crippen molar-refractivity contribution in [2.75, 3.05) is 20.8 Å². The molecule has 11 heteroatoms. The quantitative estimate of drug-likeness (QED) is 0.0615. The number of halogens is 1. The molecule has 0 bridgehead atoms. The summed E-state index contributed by atoms with van der Waals surface area (Å²) in [5, 5.41) is 13.0. The number of phenolic OH excluding ortho intramolecular Hbond substituents is 1. The number of aromatic nitrogens is 1. The maximum atomic E-state index is 15.3. The standard InChI is InChI=1S/C50H45NO9.BrH/c1-4-57-47(53)30-51-25-24-38-26-45(59-32-35-16-10-6-11-17-35)43(55-2)27-40(38)49(51)48(37-20-22-39(23-21-37)58-31-34-14-8-5-9-15-34)50(54)41-28-44(56-3)46(29-42(41)52)60-33-36-18-12-7-13-19-36;/h5-29,48H,4,30-33H2,1-3H3;1H. The number of benzene rings is 6. The Balaban J connectivity index is 0.00000622. The van der Waals surface area contributed by atoms with Crippen LogP contribution < -0.4 is 45.2 Å². The molecule has 1 atom stereocenters. The smallest absolute Gasteiger partial charge is 0.372 e. The Bertz CT molecular complexity index is 2550. The van der Waals surface area contributed by atoms with Gasteiger partial charge < -0.3 is 50.5 Å². The van der Waals surface area contributed by atoms with E-state index in [4.69, 9.17) is 28.4 Å². The van der Waals surface area contributed by atoms with Crippen molar-refractivity contribution in [1.29, 1.82) is 0 Å². The summed E-state index contributed by atoms with van der Waals surface area (Å²) in [6.45, 7) is 2.59. The topological polar surface area (TPSA) is 114 Å². The second-order valence-electron chi connectivity index (χ2n) is 13.9. The highest BCUT2D eigenvalue weighted by molar-refractivity contribution is 6.07. The van der Waals surface area contributed by atoms with Crippen LogP contribution in [0.3, 0.4) is 0 Å². The molecule has 7 rings (SSSR count). The van der Waals surface area contributed by atoms with Crippen LogP contribution >= 0.6 is 0 Å². The fourth-order valence-electron chi connectivity index (χ4n) is 6.99. The first-order valence-corrected chi connectivity index (χ1v) is 19.6. The maximum Gasteiger partial charge on any atom is 0.372 e. The number of methoxy groups -OCH3 is 2. The minimum Gasteiger partial charge on any atom is -1.00 e. The number of rotatable bonds is 18. The predicted molar refractivity (Wildman–Crippen MR) is 227 cm³/mol. The zero-order valence-corrected chi connectivity index (χ0v) is 35.7. The summed E-state index contributed by atoms with van der Waals surface area (Å²) in [6.07, 6.45) is 1.75. The minimum atomic E-state index is -1.08. The Hall–Kier alpha value is -6.85. The normalized spacial score (nSPS) is 11.2. The number of carbonyl (C=O) groups excluding carboxylic acids is 2. The van der Waals surface area contributed by atoms with Gasteiger partial charge in [0.1, 0.15) is 37.2 Å². The molecule has 1 heterocycles. The van der Waals surface area contributed by atoms with Crippen molar-refractivity contribution < 1.29 is 64.7 Å². The molecule has 1 N–H and O–H groups in total. The Morgan fingerprint density at radius 2 is 1.15 bits per heavy atom. The Labute approximate surface area is 365 Å². The molecule has 0 radical (unpaired) electrons. The van der Waals surface area contributed by atoms with Crippen molar-refractivity contribution in [3.05, 3.63) is 185 Å². The van der Waals surface area contributed by atoms with Gasteiger partial charge >= 0.3 is 5.97 Å². The summed E-state index contributed by atoms with van der Waals surface area (Å²) in [4.78, 5) is 28.5. The van der Waals surface area contributed by atoms with Gasteiger partial charge in [0, 0.05) is 12.1 Å². The Kier molecular flexibility index (Phi) is 15.0. The SMILES string of the molecule is CCOC(=O)C[n+]1ccc2cc(OCc3ccccc3)c(OC)cc2c1C(C(=O)c1cc(OC)c(OCc2ccccc2)cc1O)c1ccc(OCc2ccccc2)cc1.[Br-]. The Morgan fingerprint density at radius 3 is 1.69 bits per heavy atom. The summed E-state index contributed by atoms with van der Waals surface area (Å²) in [5.41, 5.74) is 3.92. The summed E-state index contributed by atoms with van der Waals surface area (Å²) in [7, 11) is 3.03. The van der Waals surface area contributed by atoms with Gasteiger partial charge in [-0.15, -0.1) is 0 Å². The van der Waals surface area contributed by atoms with Gasteiger partial charge in [0.15, 0.2) is 35.0 Å². The van der Waals surface area contributed by atoms with Crippen LogP contribution in [0.25, 0.3) is 10.8 Å². The van der Waals surface area contributed by atoms with E-state index in [1.165, 1.54) is 19.2 Å². The molecule has 0 aliphatic rings. The molecule has 0 aliphatic heterocycles. The van der Waals surface area contributed by atoms with E-state index in [0.717, 1.165) is 22.1 Å². The number of ketones is 1. The summed E-state index contributed by atoms with van der Waals surface area (Å²) >= 11 is 0. The van der Waals surface area contributed by atoms with Crippen LogP contribution in [0, 0.1) is 0 Å². The van der Waals surface area contributed by atoms with E-state index in [0.29, 0.717) is 47.1 Å². The van der Waals surface area contributed by atoms with E-state index in [2.05, 4.69) is 0 Å². The molecular weight excluding hydrogens is 838 g/mol. The van der Waals surface area contributed by atoms with Crippen molar-refractivity contribution in [2.45, 2.75) is 39.2 Å². The van der Waals surface area contributed by atoms with Gasteiger partial charge in [-0.3, -0.25) is 4.79 Å². The molecule has 1 aromatic heterocycles. The monoisotopic (exact) mass is 883 g/mol. The van der Waals surface area contributed by atoms with Crippen LogP contribution in [0.15, 0.2) is 152 Å². The predicted octanol–water partition coefficient (Wildman–Crippen LogP) is 6.17. The van der Waals surface area contributed by atoms with E-state index < -0.39 is 17.7 Å². The molecule has 312 valence electrons. The first-order chi connectivity index (χ1) is 29.3. The molecule has 0 spiro atoms. The highest BCUT2D eigenvalue weighted by Crippen LogP contribution is 2.41. The van der Waals surface area contributed by atoms with E-state index in [1.54, 1.807) is 36.9 Å². The third kappa shape index (κ3) is 10.7. The fraction of sp³-hybridized carbons (Fsp3) is 0.180. The molecule has 6 aromatic carbocycles. The van der Waals surface area contributed by atoms with Crippen molar-refractivity contribution >= 4 is 22.5 Å². The molecule has 1 unspecified atom stereocenters. The number of pyridine rings is 1. The van der Waals surface area contributed by atoms with Crippen molar-refractivity contribution in [3.8, 4) is 34.5 Å². The number of Topliss-reactive ketones (excluding diaryl/α,β-unsaturated/α-hetero) is 1. The number of aromatic hydroxyl groups is 1. The minimum absolute atomic E-state index is 0. The highest BCUT2D eigenvalue weighted by atomic mass is 79.9. The van der Waals surface area contributed by atoms with Gasteiger partial charge in [0.05, 0.1) is 31.8 Å². The van der Waals surface area contributed by atoms with Gasteiger partial charge in [0.25, 0.3) is 0 Å². The van der Waals surface area contributed by atoms with E-state index >= 15 is 4.79 Å². The third-order valence-corrected chi connectivity index (χ3v) is 9.98. The zero-order valence-electron chi connectivity index (χ0n) is 34.1. The molecule has 0 aliphatic carbocycles. The second kappa shape index (κ2) is 20.9. The number of nitrogens with zero attached hydrogens (tertiary/aromatic N) is 1. The summed E-state index contributed by atoms with van der Waals surface area (Å²) in [5.74, 6) is -0.297. The maximum absolute atomic E-state index is 15.3. The molecule has 61 heavy (non-hydrogen) atoms. The van der Waals surface area contributed by atoms with Crippen molar-refractivity contribution in [2.24, 2.45) is 0 Å². The van der Waals surface area contributed by atoms with E-state index in [1.807, 2.05) is 121 Å². The first kappa shape index (κ1) is 43.7. The lowest BCUT2D eigenvalue weighted by Gasteiger charge is -2.20. The lowest BCUT2D eigenvalue weighted by atomic mass is 9.84. The Morgan fingerprint density at radius 1 is 0.623 bits per heavy atom. The average molecular weight is 885 g/mol. The number of hydrogen-bond acceptors (Lipinski definition) is 9. The number of carbonyl (C=O) groups is 2. The molecule has 0 amide bonds. The molecule has 7 aromatic rings. The van der Waals surface area contributed by atoms with Crippen LogP contribution in [0.2, 0.25) is 0 Å². The number of hydrogen-bond donors (Lipinski definition) is 1. The van der Waals surface area contributed by atoms with Gasteiger partial charge in [-0.2, -0.15) is 4.57 Å².